The number of aliphatic hydroxyl groups is 1. The Morgan fingerprint density at radius 2 is 2.05 bits per heavy atom. The topological polar surface area (TPSA) is 77.8 Å². The molecule has 1 aromatic carbocycles. The van der Waals surface area contributed by atoms with Crippen LogP contribution in [0, 0.1) is 5.92 Å². The van der Waals surface area contributed by atoms with Gasteiger partial charge in [0.05, 0.1) is 12.2 Å². The summed E-state index contributed by atoms with van der Waals surface area (Å²) in [4.78, 5) is 11.1. The Labute approximate surface area is 112 Å². The standard InChI is InChI=1S/C15H20O4/c1-8(2)11-4-3-9(7-16)14-12(11)5-10(15(18)19)6-13(14)17/h5-6,8-9,11,16-17H,3-4,7H2,1-2H3,(H,18,19). The number of rotatable bonds is 3. The zero-order valence-corrected chi connectivity index (χ0v) is 11.3. The molecule has 1 aliphatic carbocycles. The minimum atomic E-state index is -1.04. The first-order valence-corrected chi connectivity index (χ1v) is 6.66. The molecule has 0 spiro atoms. The number of hydrogen-bond donors (Lipinski definition) is 3. The number of aromatic carboxylic acids is 1. The van der Waals surface area contributed by atoms with Gasteiger partial charge in [-0.25, -0.2) is 4.79 Å². The van der Waals surface area contributed by atoms with Crippen LogP contribution in [-0.2, 0) is 0 Å². The van der Waals surface area contributed by atoms with Gasteiger partial charge >= 0.3 is 5.97 Å². The van der Waals surface area contributed by atoms with Crippen LogP contribution in [0.4, 0.5) is 0 Å². The van der Waals surface area contributed by atoms with Gasteiger partial charge in [-0.3, -0.25) is 0 Å². The Bertz CT molecular complexity index is 493. The van der Waals surface area contributed by atoms with Crippen molar-refractivity contribution in [1.82, 2.24) is 0 Å². The first-order chi connectivity index (χ1) is 8.95. The van der Waals surface area contributed by atoms with Crippen LogP contribution in [0.5, 0.6) is 5.75 Å². The summed E-state index contributed by atoms with van der Waals surface area (Å²) in [5.74, 6) is -0.510. The molecule has 0 amide bonds. The molecular formula is C15H20O4. The molecule has 0 fully saturated rings. The molecule has 1 aliphatic rings. The fourth-order valence-corrected chi connectivity index (χ4v) is 3.09. The highest BCUT2D eigenvalue weighted by Crippen LogP contribution is 2.46. The summed E-state index contributed by atoms with van der Waals surface area (Å²) in [6, 6.07) is 2.94. The van der Waals surface area contributed by atoms with E-state index in [1.807, 2.05) is 0 Å². The summed E-state index contributed by atoms with van der Waals surface area (Å²) in [6.45, 7) is 4.17. The van der Waals surface area contributed by atoms with Crippen LogP contribution >= 0.6 is 0 Å². The number of carboxylic acid groups (broad SMARTS) is 1. The van der Waals surface area contributed by atoms with Crippen molar-refractivity contribution in [2.24, 2.45) is 5.92 Å². The SMILES string of the molecule is CC(C)C1CCC(CO)c2c(O)cc(C(=O)O)cc21. The second kappa shape index (κ2) is 5.21. The molecule has 0 saturated carbocycles. The van der Waals surface area contributed by atoms with Crippen LogP contribution in [0.2, 0.25) is 0 Å². The number of phenols is 1. The average Bonchev–Trinajstić information content (AvgIpc) is 2.36. The highest BCUT2D eigenvalue weighted by molar-refractivity contribution is 5.88. The zero-order valence-electron chi connectivity index (χ0n) is 11.3. The Hall–Kier alpha value is -1.55. The van der Waals surface area contributed by atoms with E-state index in [0.29, 0.717) is 5.92 Å². The Morgan fingerprint density at radius 1 is 1.37 bits per heavy atom. The molecule has 19 heavy (non-hydrogen) atoms. The van der Waals surface area contributed by atoms with Gasteiger partial charge < -0.3 is 15.3 Å². The lowest BCUT2D eigenvalue weighted by atomic mass is 9.72. The highest BCUT2D eigenvalue weighted by atomic mass is 16.4. The molecule has 2 atom stereocenters. The maximum Gasteiger partial charge on any atom is 0.335 e. The number of carboxylic acids is 1. The van der Waals surface area contributed by atoms with Gasteiger partial charge in [0.25, 0.3) is 0 Å². The molecule has 0 heterocycles. The van der Waals surface area contributed by atoms with Crippen molar-refractivity contribution in [1.29, 1.82) is 0 Å². The lowest BCUT2D eigenvalue weighted by Crippen LogP contribution is -2.21. The van der Waals surface area contributed by atoms with Gasteiger partial charge in [0.15, 0.2) is 0 Å². The van der Waals surface area contributed by atoms with Crippen LogP contribution in [0.15, 0.2) is 12.1 Å². The number of benzene rings is 1. The molecule has 0 saturated heterocycles. The molecule has 1 aromatic rings. The van der Waals surface area contributed by atoms with Gasteiger partial charge in [-0.1, -0.05) is 13.8 Å². The van der Waals surface area contributed by atoms with Crippen LogP contribution < -0.4 is 0 Å². The van der Waals surface area contributed by atoms with Crippen molar-refractivity contribution < 1.29 is 20.1 Å². The molecule has 0 bridgehead atoms. The number of carbonyl (C=O) groups is 1. The maximum atomic E-state index is 11.1. The van der Waals surface area contributed by atoms with E-state index in [9.17, 15) is 15.0 Å². The van der Waals surface area contributed by atoms with E-state index in [1.54, 1.807) is 6.07 Å². The molecule has 4 nitrogen and oxygen atoms in total. The van der Waals surface area contributed by atoms with Crippen molar-refractivity contribution in [3.8, 4) is 5.75 Å². The molecule has 0 aromatic heterocycles. The second-order valence-electron chi connectivity index (χ2n) is 5.61. The smallest absolute Gasteiger partial charge is 0.335 e. The third kappa shape index (κ3) is 2.45. The number of aromatic hydroxyl groups is 1. The summed E-state index contributed by atoms with van der Waals surface area (Å²) < 4.78 is 0. The van der Waals surface area contributed by atoms with E-state index in [-0.39, 0.29) is 29.8 Å². The third-order valence-corrected chi connectivity index (χ3v) is 4.10. The molecule has 0 aliphatic heterocycles. The molecule has 2 rings (SSSR count). The van der Waals surface area contributed by atoms with Gasteiger partial charge in [-0.05, 0) is 42.4 Å². The third-order valence-electron chi connectivity index (χ3n) is 4.10. The Kier molecular flexibility index (Phi) is 3.80. The van der Waals surface area contributed by atoms with Crippen LogP contribution in [0.25, 0.3) is 0 Å². The van der Waals surface area contributed by atoms with Crippen molar-refractivity contribution >= 4 is 5.97 Å². The van der Waals surface area contributed by atoms with E-state index in [4.69, 9.17) is 5.11 Å². The van der Waals surface area contributed by atoms with E-state index in [1.165, 1.54) is 6.07 Å². The van der Waals surface area contributed by atoms with Gasteiger partial charge in [0, 0.05) is 11.5 Å². The van der Waals surface area contributed by atoms with Gasteiger partial charge in [0.2, 0.25) is 0 Å². The first kappa shape index (κ1) is 13.9. The van der Waals surface area contributed by atoms with Crippen molar-refractivity contribution in [2.75, 3.05) is 6.61 Å². The molecule has 2 unspecified atom stereocenters. The van der Waals surface area contributed by atoms with Gasteiger partial charge in [-0.15, -0.1) is 0 Å². The van der Waals surface area contributed by atoms with Crippen molar-refractivity contribution in [3.63, 3.8) is 0 Å². The number of aliphatic hydroxyl groups excluding tert-OH is 1. The normalized spacial score (nSPS) is 22.3. The molecule has 4 heteroatoms. The van der Waals surface area contributed by atoms with E-state index >= 15 is 0 Å². The van der Waals surface area contributed by atoms with E-state index in [2.05, 4.69) is 13.8 Å². The quantitative estimate of drug-likeness (QED) is 0.784. The predicted molar refractivity (Wildman–Crippen MR) is 71.7 cm³/mol. The van der Waals surface area contributed by atoms with E-state index < -0.39 is 5.97 Å². The lowest BCUT2D eigenvalue weighted by Gasteiger charge is -2.33. The number of hydrogen-bond acceptors (Lipinski definition) is 3. The summed E-state index contributed by atoms with van der Waals surface area (Å²) >= 11 is 0. The van der Waals surface area contributed by atoms with E-state index in [0.717, 1.165) is 24.0 Å². The fourth-order valence-electron chi connectivity index (χ4n) is 3.09. The molecule has 3 N–H and O–H groups in total. The Morgan fingerprint density at radius 3 is 2.58 bits per heavy atom. The summed E-state index contributed by atoms with van der Waals surface area (Å²) in [5.41, 5.74) is 1.73. The van der Waals surface area contributed by atoms with Gasteiger partial charge in [0.1, 0.15) is 5.75 Å². The summed E-state index contributed by atoms with van der Waals surface area (Å²) in [7, 11) is 0. The van der Waals surface area contributed by atoms with Gasteiger partial charge in [-0.2, -0.15) is 0 Å². The lowest BCUT2D eigenvalue weighted by molar-refractivity contribution is 0.0696. The van der Waals surface area contributed by atoms with Crippen molar-refractivity contribution in [3.05, 3.63) is 28.8 Å². The number of fused-ring (bicyclic) bond motifs is 1. The summed E-state index contributed by atoms with van der Waals surface area (Å²) in [5, 5.41) is 28.6. The van der Waals surface area contributed by atoms with Crippen molar-refractivity contribution in [2.45, 2.75) is 38.5 Å². The first-order valence-electron chi connectivity index (χ1n) is 6.66. The Balaban J connectivity index is 2.60. The number of phenolic OH excluding ortho intramolecular Hbond substituents is 1. The molecule has 0 radical (unpaired) electrons. The van der Waals surface area contributed by atoms with Crippen LogP contribution in [0.1, 0.15) is 60.0 Å². The minimum absolute atomic E-state index is 0.000648. The fraction of sp³-hybridized carbons (Fsp3) is 0.533. The second-order valence-corrected chi connectivity index (χ2v) is 5.61. The predicted octanol–water partition coefficient (Wildman–Crippen LogP) is 2.70. The summed E-state index contributed by atoms with van der Waals surface area (Å²) in [6.07, 6.45) is 1.74. The minimum Gasteiger partial charge on any atom is -0.508 e. The molecule has 104 valence electrons. The monoisotopic (exact) mass is 264 g/mol. The van der Waals surface area contributed by atoms with Crippen LogP contribution in [0.3, 0.4) is 0 Å². The largest absolute Gasteiger partial charge is 0.508 e. The maximum absolute atomic E-state index is 11.1. The zero-order chi connectivity index (χ0) is 14.2. The van der Waals surface area contributed by atoms with Crippen LogP contribution in [-0.4, -0.2) is 27.9 Å². The average molecular weight is 264 g/mol. The molecular weight excluding hydrogens is 244 g/mol. The highest BCUT2D eigenvalue weighted by Gasteiger charge is 2.31.